The van der Waals surface area contributed by atoms with Gasteiger partial charge in [0.25, 0.3) is 5.91 Å². The number of ether oxygens (including phenoxy) is 1. The SMILES string of the molecule is CC(C)n1cc(C(=O)N(C)CCCC2CCCO2)cn1. The average molecular weight is 279 g/mol. The van der Waals surface area contributed by atoms with Crippen molar-refractivity contribution in [3.8, 4) is 0 Å². The third-order valence-electron chi connectivity index (χ3n) is 3.77. The Labute approximate surface area is 120 Å². The molecule has 1 atom stereocenters. The van der Waals surface area contributed by atoms with E-state index < -0.39 is 0 Å². The van der Waals surface area contributed by atoms with E-state index in [1.807, 2.05) is 31.8 Å². The number of carbonyl (C=O) groups is 1. The smallest absolute Gasteiger partial charge is 0.256 e. The van der Waals surface area contributed by atoms with Crippen LogP contribution in [0, 0.1) is 0 Å². The van der Waals surface area contributed by atoms with Gasteiger partial charge in [-0.3, -0.25) is 9.48 Å². The summed E-state index contributed by atoms with van der Waals surface area (Å²) in [4.78, 5) is 14.0. The molecule has 0 aromatic carbocycles. The first-order valence-electron chi connectivity index (χ1n) is 7.49. The van der Waals surface area contributed by atoms with Crippen molar-refractivity contribution in [2.75, 3.05) is 20.2 Å². The number of aromatic nitrogens is 2. The van der Waals surface area contributed by atoms with Crippen molar-refractivity contribution in [1.29, 1.82) is 0 Å². The van der Waals surface area contributed by atoms with E-state index in [0.29, 0.717) is 11.7 Å². The van der Waals surface area contributed by atoms with Gasteiger partial charge in [0.1, 0.15) is 0 Å². The molecule has 112 valence electrons. The van der Waals surface area contributed by atoms with Crippen LogP contribution in [-0.4, -0.2) is 46.9 Å². The zero-order valence-electron chi connectivity index (χ0n) is 12.7. The van der Waals surface area contributed by atoms with E-state index in [1.165, 1.54) is 12.8 Å². The summed E-state index contributed by atoms with van der Waals surface area (Å²) >= 11 is 0. The summed E-state index contributed by atoms with van der Waals surface area (Å²) in [5, 5.41) is 4.21. The molecule has 20 heavy (non-hydrogen) atoms. The molecular formula is C15H25N3O2. The van der Waals surface area contributed by atoms with Crippen LogP contribution < -0.4 is 0 Å². The van der Waals surface area contributed by atoms with Crippen molar-refractivity contribution in [3.63, 3.8) is 0 Å². The second kappa shape index (κ2) is 6.88. The molecule has 2 rings (SSSR count). The summed E-state index contributed by atoms with van der Waals surface area (Å²) in [5.41, 5.74) is 0.665. The van der Waals surface area contributed by atoms with Gasteiger partial charge in [-0.15, -0.1) is 0 Å². The van der Waals surface area contributed by atoms with Crippen LogP contribution in [0.15, 0.2) is 12.4 Å². The molecular weight excluding hydrogens is 254 g/mol. The van der Waals surface area contributed by atoms with Crippen LogP contribution in [0.1, 0.15) is 55.9 Å². The van der Waals surface area contributed by atoms with Crippen LogP contribution in [0.25, 0.3) is 0 Å². The highest BCUT2D eigenvalue weighted by Gasteiger charge is 2.17. The van der Waals surface area contributed by atoms with Gasteiger partial charge in [-0.25, -0.2) is 0 Å². The summed E-state index contributed by atoms with van der Waals surface area (Å²) in [6, 6.07) is 0.279. The first-order chi connectivity index (χ1) is 9.58. The van der Waals surface area contributed by atoms with Crippen molar-refractivity contribution in [3.05, 3.63) is 18.0 Å². The standard InChI is InChI=1S/C15H25N3O2/c1-12(2)18-11-13(10-16-18)15(19)17(3)8-4-6-14-7-5-9-20-14/h10-12,14H,4-9H2,1-3H3. The lowest BCUT2D eigenvalue weighted by molar-refractivity contribution is 0.0763. The molecule has 2 heterocycles. The second-order valence-electron chi connectivity index (χ2n) is 5.81. The van der Waals surface area contributed by atoms with E-state index >= 15 is 0 Å². The normalized spacial score (nSPS) is 18.7. The Bertz CT molecular complexity index is 436. The summed E-state index contributed by atoms with van der Waals surface area (Å²) in [7, 11) is 1.85. The molecule has 0 N–H and O–H groups in total. The summed E-state index contributed by atoms with van der Waals surface area (Å²) < 4.78 is 7.41. The molecule has 0 bridgehead atoms. The van der Waals surface area contributed by atoms with Crippen molar-refractivity contribution in [1.82, 2.24) is 14.7 Å². The minimum absolute atomic E-state index is 0.0456. The van der Waals surface area contributed by atoms with Crippen molar-refractivity contribution >= 4 is 5.91 Å². The maximum absolute atomic E-state index is 12.2. The highest BCUT2D eigenvalue weighted by atomic mass is 16.5. The van der Waals surface area contributed by atoms with Crippen LogP contribution in [0.3, 0.4) is 0 Å². The fourth-order valence-corrected chi connectivity index (χ4v) is 2.48. The molecule has 1 aromatic heterocycles. The van der Waals surface area contributed by atoms with Crippen molar-refractivity contribution < 1.29 is 9.53 Å². The Balaban J connectivity index is 1.78. The molecule has 1 fully saturated rings. The molecule has 1 saturated heterocycles. The molecule has 0 saturated carbocycles. The van der Waals surface area contributed by atoms with Gasteiger partial charge < -0.3 is 9.64 Å². The summed E-state index contributed by atoms with van der Waals surface area (Å²) in [6.07, 6.45) is 8.26. The maximum Gasteiger partial charge on any atom is 0.256 e. The highest BCUT2D eigenvalue weighted by Crippen LogP contribution is 2.17. The first-order valence-corrected chi connectivity index (χ1v) is 7.49. The van der Waals surface area contributed by atoms with Gasteiger partial charge in [-0.2, -0.15) is 5.10 Å². The van der Waals surface area contributed by atoms with E-state index in [2.05, 4.69) is 5.10 Å². The van der Waals surface area contributed by atoms with Crippen LogP contribution in [-0.2, 0) is 4.74 Å². The number of hydrogen-bond acceptors (Lipinski definition) is 3. The third kappa shape index (κ3) is 3.82. The summed E-state index contributed by atoms with van der Waals surface area (Å²) in [5.74, 6) is 0.0456. The maximum atomic E-state index is 12.2. The predicted molar refractivity (Wildman–Crippen MR) is 77.8 cm³/mol. The van der Waals surface area contributed by atoms with Crippen LogP contribution >= 0.6 is 0 Å². The monoisotopic (exact) mass is 279 g/mol. The van der Waals surface area contributed by atoms with Gasteiger partial charge in [0, 0.05) is 32.4 Å². The molecule has 0 aliphatic carbocycles. The average Bonchev–Trinajstić information content (AvgIpc) is 3.08. The quantitative estimate of drug-likeness (QED) is 0.804. The molecule has 5 nitrogen and oxygen atoms in total. The van der Waals surface area contributed by atoms with E-state index in [0.717, 1.165) is 26.0 Å². The lowest BCUT2D eigenvalue weighted by Crippen LogP contribution is -2.28. The van der Waals surface area contributed by atoms with Crippen molar-refractivity contribution in [2.45, 2.75) is 51.7 Å². The fourth-order valence-electron chi connectivity index (χ4n) is 2.48. The number of nitrogens with zero attached hydrogens (tertiary/aromatic N) is 3. The van der Waals surface area contributed by atoms with Crippen LogP contribution in [0.4, 0.5) is 0 Å². The van der Waals surface area contributed by atoms with Gasteiger partial charge in [-0.05, 0) is 39.5 Å². The fraction of sp³-hybridized carbons (Fsp3) is 0.733. The lowest BCUT2D eigenvalue weighted by Gasteiger charge is -2.17. The topological polar surface area (TPSA) is 47.4 Å². The van der Waals surface area contributed by atoms with Crippen LogP contribution in [0.2, 0.25) is 0 Å². The van der Waals surface area contributed by atoms with Gasteiger partial charge in [0.15, 0.2) is 0 Å². The Kier molecular flexibility index (Phi) is 5.17. The summed E-state index contributed by atoms with van der Waals surface area (Å²) in [6.45, 7) is 5.76. The van der Waals surface area contributed by atoms with Gasteiger partial charge in [0.05, 0.1) is 17.9 Å². The molecule has 1 unspecified atom stereocenters. The number of rotatable bonds is 6. The highest BCUT2D eigenvalue weighted by molar-refractivity contribution is 5.93. The van der Waals surface area contributed by atoms with E-state index in [4.69, 9.17) is 4.74 Å². The van der Waals surface area contributed by atoms with Gasteiger partial charge in [0.2, 0.25) is 0 Å². The number of amides is 1. The zero-order valence-corrected chi connectivity index (χ0v) is 12.7. The van der Waals surface area contributed by atoms with Gasteiger partial charge in [-0.1, -0.05) is 0 Å². The number of carbonyl (C=O) groups excluding carboxylic acids is 1. The molecule has 0 spiro atoms. The minimum Gasteiger partial charge on any atom is -0.378 e. The van der Waals surface area contributed by atoms with E-state index in [1.54, 1.807) is 11.1 Å². The largest absolute Gasteiger partial charge is 0.378 e. The molecule has 0 radical (unpaired) electrons. The van der Waals surface area contributed by atoms with E-state index in [9.17, 15) is 4.79 Å². The zero-order chi connectivity index (χ0) is 14.5. The van der Waals surface area contributed by atoms with Crippen LogP contribution in [0.5, 0.6) is 0 Å². The second-order valence-corrected chi connectivity index (χ2v) is 5.81. The molecule has 1 amide bonds. The first kappa shape index (κ1) is 15.0. The number of hydrogen-bond donors (Lipinski definition) is 0. The molecule has 1 aliphatic heterocycles. The van der Waals surface area contributed by atoms with Gasteiger partial charge >= 0.3 is 0 Å². The predicted octanol–water partition coefficient (Wildman–Crippen LogP) is 2.50. The minimum atomic E-state index is 0.0456. The Morgan fingerprint density at radius 1 is 1.60 bits per heavy atom. The van der Waals surface area contributed by atoms with Crippen molar-refractivity contribution in [2.24, 2.45) is 0 Å². The molecule has 5 heteroatoms. The molecule has 1 aromatic rings. The Hall–Kier alpha value is -1.36. The lowest BCUT2D eigenvalue weighted by atomic mass is 10.1. The third-order valence-corrected chi connectivity index (χ3v) is 3.77. The van der Waals surface area contributed by atoms with E-state index in [-0.39, 0.29) is 11.9 Å². The molecule has 1 aliphatic rings. The Morgan fingerprint density at radius 2 is 2.40 bits per heavy atom. The Morgan fingerprint density at radius 3 is 3.00 bits per heavy atom.